The fraction of sp³-hybridized carbons (Fsp3) is 0.343. The van der Waals surface area contributed by atoms with E-state index in [2.05, 4.69) is 6.07 Å². The first-order valence-electron chi connectivity index (χ1n) is 15.0. The number of hydrogen-bond donors (Lipinski definition) is 0. The minimum absolute atomic E-state index is 0.377. The minimum Gasteiger partial charge on any atom is -0.399 e. The largest absolute Gasteiger partial charge is 0.494 e. The van der Waals surface area contributed by atoms with Crippen LogP contribution in [0.4, 0.5) is 0 Å². The van der Waals surface area contributed by atoms with Gasteiger partial charge < -0.3 is 18.6 Å². The fourth-order valence-electron chi connectivity index (χ4n) is 5.34. The molecule has 0 bridgehead atoms. The summed E-state index contributed by atoms with van der Waals surface area (Å²) in [6, 6.07) is 27.9. The zero-order valence-electron chi connectivity index (χ0n) is 26.6. The number of aromatic nitrogens is 2. The highest BCUT2D eigenvalue weighted by atomic mass is 16.7. The van der Waals surface area contributed by atoms with Crippen molar-refractivity contribution in [3.63, 3.8) is 0 Å². The molecule has 222 valence electrons. The Bertz CT molecular complexity index is 1670. The van der Waals surface area contributed by atoms with Crippen molar-refractivity contribution >= 4 is 25.2 Å². The summed E-state index contributed by atoms with van der Waals surface area (Å²) >= 11 is 0. The molecule has 0 N–H and O–H groups in total. The van der Waals surface area contributed by atoms with Crippen LogP contribution >= 0.6 is 0 Å². The molecule has 44 heavy (non-hydrogen) atoms. The monoisotopic (exact) mass is 585 g/mol. The van der Waals surface area contributed by atoms with Gasteiger partial charge in [0.25, 0.3) is 0 Å². The predicted octanol–water partition coefficient (Wildman–Crippen LogP) is 5.95. The molecule has 3 aromatic carbocycles. The summed E-state index contributed by atoms with van der Waals surface area (Å²) in [6.07, 6.45) is 0. The Morgan fingerprint density at radius 2 is 0.932 bits per heavy atom. The van der Waals surface area contributed by atoms with E-state index in [0.717, 1.165) is 27.6 Å². The molecule has 2 aliphatic rings. The summed E-state index contributed by atoms with van der Waals surface area (Å²) in [5.74, 6) is 0.525. The zero-order chi connectivity index (χ0) is 31.5. The summed E-state index contributed by atoms with van der Waals surface area (Å²) in [5.41, 5.74) is 3.28. The number of rotatable bonds is 5. The van der Waals surface area contributed by atoms with Crippen LogP contribution in [0, 0.1) is 11.3 Å². The molecule has 2 aliphatic heterocycles. The highest BCUT2D eigenvalue weighted by Crippen LogP contribution is 2.39. The molecule has 2 fully saturated rings. The Kier molecular flexibility index (Phi) is 7.34. The van der Waals surface area contributed by atoms with Gasteiger partial charge in [-0.1, -0.05) is 78.9 Å². The van der Waals surface area contributed by atoms with Crippen molar-refractivity contribution in [3.8, 4) is 40.0 Å². The molecule has 0 unspecified atom stereocenters. The van der Waals surface area contributed by atoms with Gasteiger partial charge in [0.2, 0.25) is 0 Å². The fourth-order valence-corrected chi connectivity index (χ4v) is 5.34. The first-order valence-corrected chi connectivity index (χ1v) is 15.0. The number of hydrogen-bond acceptors (Lipinski definition) is 7. The van der Waals surface area contributed by atoms with Crippen LogP contribution in [0.1, 0.15) is 61.0 Å². The molecular formula is C35H37B2N3O4. The Balaban J connectivity index is 1.59. The van der Waals surface area contributed by atoms with Crippen LogP contribution < -0.4 is 10.9 Å². The van der Waals surface area contributed by atoms with Crippen molar-refractivity contribution in [2.24, 2.45) is 0 Å². The van der Waals surface area contributed by atoms with Crippen molar-refractivity contribution in [3.05, 3.63) is 84.4 Å². The molecule has 1 aromatic heterocycles. The maximum atomic E-state index is 10.6. The third-order valence-electron chi connectivity index (χ3n) is 9.40. The van der Waals surface area contributed by atoms with Gasteiger partial charge in [0.05, 0.1) is 33.8 Å². The minimum atomic E-state index is -0.643. The summed E-state index contributed by atoms with van der Waals surface area (Å²) in [5, 5.41) is 10.6. The van der Waals surface area contributed by atoms with Crippen molar-refractivity contribution in [2.75, 3.05) is 0 Å². The molecule has 6 rings (SSSR count). The van der Waals surface area contributed by atoms with Gasteiger partial charge in [-0.25, -0.2) is 9.97 Å². The van der Waals surface area contributed by atoms with Gasteiger partial charge in [-0.3, -0.25) is 0 Å². The summed E-state index contributed by atoms with van der Waals surface area (Å²) in [7, 11) is -1.29. The van der Waals surface area contributed by atoms with Gasteiger partial charge in [-0.05, 0) is 66.3 Å². The van der Waals surface area contributed by atoms with E-state index in [4.69, 9.17) is 28.6 Å². The lowest BCUT2D eigenvalue weighted by molar-refractivity contribution is 0.00578. The van der Waals surface area contributed by atoms with Crippen LogP contribution in [-0.4, -0.2) is 46.6 Å². The normalized spacial score (nSPS) is 19.6. The van der Waals surface area contributed by atoms with Gasteiger partial charge in [0.1, 0.15) is 11.6 Å². The SMILES string of the molecule is CC1(C)OB(c2cc(B3OC(C)(C)C(C)(C)O3)cc(-c3nc(-c4ccccc4)nc(-c4ccccc4)c3C#N)c2)OC1(C)C. The van der Waals surface area contributed by atoms with Gasteiger partial charge >= 0.3 is 14.2 Å². The van der Waals surface area contributed by atoms with Crippen molar-refractivity contribution in [1.29, 1.82) is 5.26 Å². The number of benzene rings is 3. The van der Waals surface area contributed by atoms with Crippen molar-refractivity contribution in [1.82, 2.24) is 9.97 Å². The van der Waals surface area contributed by atoms with E-state index < -0.39 is 36.6 Å². The quantitative estimate of drug-likeness (QED) is 0.268. The summed E-state index contributed by atoms with van der Waals surface area (Å²) < 4.78 is 25.9. The zero-order valence-corrected chi connectivity index (χ0v) is 26.6. The molecule has 9 heteroatoms. The first-order chi connectivity index (χ1) is 20.7. The lowest BCUT2D eigenvalue weighted by Crippen LogP contribution is -2.41. The van der Waals surface area contributed by atoms with Crippen LogP contribution in [0.5, 0.6) is 0 Å². The maximum absolute atomic E-state index is 10.6. The predicted molar refractivity (Wildman–Crippen MR) is 174 cm³/mol. The van der Waals surface area contributed by atoms with Crippen LogP contribution in [0.25, 0.3) is 33.9 Å². The molecule has 0 aliphatic carbocycles. The van der Waals surface area contributed by atoms with E-state index in [-0.39, 0.29) is 0 Å². The lowest BCUT2D eigenvalue weighted by atomic mass is 9.70. The number of nitriles is 1. The average molecular weight is 585 g/mol. The second kappa shape index (κ2) is 10.7. The highest BCUT2D eigenvalue weighted by Gasteiger charge is 2.54. The van der Waals surface area contributed by atoms with E-state index >= 15 is 0 Å². The third kappa shape index (κ3) is 5.27. The van der Waals surface area contributed by atoms with E-state index in [9.17, 15) is 5.26 Å². The van der Waals surface area contributed by atoms with Gasteiger partial charge in [0, 0.05) is 16.7 Å². The first kappa shape index (κ1) is 30.2. The van der Waals surface area contributed by atoms with Gasteiger partial charge in [-0.15, -0.1) is 0 Å². The second-order valence-electron chi connectivity index (χ2n) is 13.5. The molecule has 3 heterocycles. The maximum Gasteiger partial charge on any atom is 0.494 e. The molecule has 0 saturated carbocycles. The highest BCUT2D eigenvalue weighted by molar-refractivity contribution is 6.66. The third-order valence-corrected chi connectivity index (χ3v) is 9.40. The van der Waals surface area contributed by atoms with E-state index in [1.807, 2.05) is 134 Å². The molecule has 7 nitrogen and oxygen atoms in total. The smallest absolute Gasteiger partial charge is 0.399 e. The second-order valence-corrected chi connectivity index (χ2v) is 13.5. The Morgan fingerprint density at radius 3 is 1.34 bits per heavy atom. The van der Waals surface area contributed by atoms with Crippen molar-refractivity contribution < 1.29 is 18.6 Å². The summed E-state index contributed by atoms with van der Waals surface area (Å²) in [4.78, 5) is 9.94. The molecular weight excluding hydrogens is 548 g/mol. The molecule has 0 amide bonds. The molecule has 0 spiro atoms. The standard InChI is InChI=1S/C35H37B2N3O4/c1-32(2)33(3,4)42-36(41-32)26-19-25(20-27(21-26)37-43-34(5,6)35(7,8)44-37)30-28(22-38)29(23-15-11-9-12-16-23)39-31(40-30)24-17-13-10-14-18-24/h9-21H,1-8H3. The van der Waals surface area contributed by atoms with Crippen molar-refractivity contribution in [2.45, 2.75) is 77.8 Å². The molecule has 4 aromatic rings. The Hall–Kier alpha value is -3.80. The van der Waals surface area contributed by atoms with Gasteiger partial charge in [0.15, 0.2) is 5.82 Å². The Labute approximate surface area is 260 Å². The van der Waals surface area contributed by atoms with Crippen LogP contribution in [0.2, 0.25) is 0 Å². The van der Waals surface area contributed by atoms with E-state index in [0.29, 0.717) is 22.8 Å². The van der Waals surface area contributed by atoms with Gasteiger partial charge in [-0.2, -0.15) is 5.26 Å². The number of nitrogens with zero attached hydrogens (tertiary/aromatic N) is 3. The molecule has 2 saturated heterocycles. The molecule has 0 atom stereocenters. The lowest BCUT2D eigenvalue weighted by Gasteiger charge is -2.32. The van der Waals surface area contributed by atoms with Crippen LogP contribution in [-0.2, 0) is 18.6 Å². The average Bonchev–Trinajstić information content (AvgIpc) is 3.36. The Morgan fingerprint density at radius 1 is 0.545 bits per heavy atom. The van der Waals surface area contributed by atoms with Crippen LogP contribution in [0.3, 0.4) is 0 Å². The summed E-state index contributed by atoms with van der Waals surface area (Å²) in [6.45, 7) is 16.2. The molecule has 0 radical (unpaired) electrons. The van der Waals surface area contributed by atoms with E-state index in [1.165, 1.54) is 0 Å². The van der Waals surface area contributed by atoms with Crippen LogP contribution in [0.15, 0.2) is 78.9 Å². The topological polar surface area (TPSA) is 86.5 Å². The van der Waals surface area contributed by atoms with E-state index in [1.54, 1.807) is 0 Å².